The zero-order valence-electron chi connectivity index (χ0n) is 8.69. The molecule has 0 aliphatic carbocycles. The molecule has 1 atom stereocenters. The Hall–Kier alpha value is -1.22. The van der Waals surface area contributed by atoms with Crippen molar-refractivity contribution in [3.05, 3.63) is 29.6 Å². The van der Waals surface area contributed by atoms with E-state index in [0.29, 0.717) is 5.56 Å². The Balaban J connectivity index is 2.89. The van der Waals surface area contributed by atoms with Crippen LogP contribution in [0.25, 0.3) is 0 Å². The molecule has 0 aliphatic heterocycles. The highest BCUT2D eigenvalue weighted by Gasteiger charge is 2.20. The van der Waals surface area contributed by atoms with E-state index in [9.17, 15) is 9.90 Å². The zero-order chi connectivity index (χ0) is 10.7. The molecule has 76 valence electrons. The van der Waals surface area contributed by atoms with Crippen LogP contribution in [0.4, 0.5) is 0 Å². The number of ketones is 1. The minimum absolute atomic E-state index is 0.0667. The van der Waals surface area contributed by atoms with Gasteiger partial charge in [-0.2, -0.15) is 0 Å². The van der Waals surface area contributed by atoms with Crippen LogP contribution in [0.1, 0.15) is 29.8 Å². The number of carbonyl (C=O) groups excluding carboxylic acids is 1. The van der Waals surface area contributed by atoms with E-state index in [1.165, 1.54) is 6.20 Å². The van der Waals surface area contributed by atoms with Crippen LogP contribution in [0.2, 0.25) is 0 Å². The quantitative estimate of drug-likeness (QED) is 0.741. The molecule has 0 spiro atoms. The van der Waals surface area contributed by atoms with Crippen molar-refractivity contribution in [1.29, 1.82) is 0 Å². The molecule has 14 heavy (non-hydrogen) atoms. The molecule has 3 heteroatoms. The standard InChI is InChI=1S/C11H15NO2/c1-7(2)10(13)11(14)9-4-8(3)5-12-6-9/h4-7,10,13H,1-3H3. The Labute approximate surface area is 83.8 Å². The first kappa shape index (κ1) is 10.9. The van der Waals surface area contributed by atoms with Crippen LogP contribution in [-0.4, -0.2) is 22.0 Å². The second-order valence-corrected chi connectivity index (χ2v) is 3.80. The molecule has 0 radical (unpaired) electrons. The van der Waals surface area contributed by atoms with Gasteiger partial charge in [-0.1, -0.05) is 13.8 Å². The van der Waals surface area contributed by atoms with E-state index >= 15 is 0 Å². The molecule has 0 bridgehead atoms. The number of nitrogens with zero attached hydrogens (tertiary/aromatic N) is 1. The van der Waals surface area contributed by atoms with E-state index in [2.05, 4.69) is 4.98 Å². The van der Waals surface area contributed by atoms with Crippen LogP contribution in [0, 0.1) is 12.8 Å². The van der Waals surface area contributed by atoms with Crippen molar-refractivity contribution < 1.29 is 9.90 Å². The molecule has 0 amide bonds. The third-order valence-corrected chi connectivity index (χ3v) is 2.06. The number of aryl methyl sites for hydroxylation is 1. The number of carbonyl (C=O) groups is 1. The summed E-state index contributed by atoms with van der Waals surface area (Å²) in [4.78, 5) is 15.6. The van der Waals surface area contributed by atoms with Gasteiger partial charge in [-0.05, 0) is 24.5 Å². The zero-order valence-corrected chi connectivity index (χ0v) is 8.69. The fourth-order valence-electron chi connectivity index (χ4n) is 1.16. The minimum atomic E-state index is -0.932. The maximum atomic E-state index is 11.6. The van der Waals surface area contributed by atoms with Crippen LogP contribution in [0.3, 0.4) is 0 Å². The Morgan fingerprint density at radius 1 is 1.43 bits per heavy atom. The average molecular weight is 193 g/mol. The highest BCUT2D eigenvalue weighted by Crippen LogP contribution is 2.10. The van der Waals surface area contributed by atoms with Gasteiger partial charge in [0, 0.05) is 18.0 Å². The van der Waals surface area contributed by atoms with Crippen molar-refractivity contribution >= 4 is 5.78 Å². The second-order valence-electron chi connectivity index (χ2n) is 3.80. The van der Waals surface area contributed by atoms with E-state index in [4.69, 9.17) is 0 Å². The first-order chi connectivity index (χ1) is 6.52. The molecule has 1 aromatic rings. The molecule has 0 aliphatic rings. The Morgan fingerprint density at radius 2 is 2.07 bits per heavy atom. The van der Waals surface area contributed by atoms with Crippen molar-refractivity contribution in [2.75, 3.05) is 0 Å². The third kappa shape index (κ3) is 2.39. The van der Waals surface area contributed by atoms with Crippen LogP contribution in [0.5, 0.6) is 0 Å². The number of pyridine rings is 1. The third-order valence-electron chi connectivity index (χ3n) is 2.06. The van der Waals surface area contributed by atoms with Crippen LogP contribution < -0.4 is 0 Å². The van der Waals surface area contributed by atoms with Crippen molar-refractivity contribution in [1.82, 2.24) is 4.98 Å². The molecule has 0 saturated heterocycles. The lowest BCUT2D eigenvalue weighted by Gasteiger charge is -2.12. The van der Waals surface area contributed by atoms with Gasteiger partial charge in [0.15, 0.2) is 5.78 Å². The number of rotatable bonds is 3. The summed E-state index contributed by atoms with van der Waals surface area (Å²) < 4.78 is 0. The lowest BCUT2D eigenvalue weighted by atomic mass is 9.98. The molecule has 1 aromatic heterocycles. The fraction of sp³-hybridized carbons (Fsp3) is 0.455. The Bertz CT molecular complexity index is 334. The van der Waals surface area contributed by atoms with Gasteiger partial charge in [0.05, 0.1) is 0 Å². The monoisotopic (exact) mass is 193 g/mol. The number of aliphatic hydroxyl groups is 1. The first-order valence-electron chi connectivity index (χ1n) is 4.66. The van der Waals surface area contributed by atoms with E-state index in [1.807, 2.05) is 20.8 Å². The summed E-state index contributed by atoms with van der Waals surface area (Å²) in [5.74, 6) is -0.320. The van der Waals surface area contributed by atoms with Gasteiger partial charge in [0.2, 0.25) is 0 Å². The second kappa shape index (κ2) is 4.33. The first-order valence-corrected chi connectivity index (χ1v) is 4.66. The SMILES string of the molecule is Cc1cncc(C(=O)C(O)C(C)C)c1. The molecule has 1 rings (SSSR count). The smallest absolute Gasteiger partial charge is 0.193 e. The highest BCUT2D eigenvalue weighted by atomic mass is 16.3. The normalized spacial score (nSPS) is 12.9. The largest absolute Gasteiger partial charge is 0.385 e. The lowest BCUT2D eigenvalue weighted by Crippen LogP contribution is -2.26. The summed E-state index contributed by atoms with van der Waals surface area (Å²) in [6.45, 7) is 5.49. The van der Waals surface area contributed by atoms with Crippen molar-refractivity contribution in [2.24, 2.45) is 5.92 Å². The maximum Gasteiger partial charge on any atom is 0.193 e. The lowest BCUT2D eigenvalue weighted by molar-refractivity contribution is 0.0647. The summed E-state index contributed by atoms with van der Waals surface area (Å²) in [6, 6.07) is 1.74. The maximum absolute atomic E-state index is 11.6. The Morgan fingerprint density at radius 3 is 2.57 bits per heavy atom. The number of aliphatic hydroxyl groups excluding tert-OH is 1. The predicted octanol–water partition coefficient (Wildman–Crippen LogP) is 1.59. The molecular formula is C11H15NO2. The molecular weight excluding hydrogens is 178 g/mol. The molecule has 0 saturated carbocycles. The molecule has 1 heterocycles. The van der Waals surface area contributed by atoms with Gasteiger partial charge in [0.25, 0.3) is 0 Å². The summed E-state index contributed by atoms with van der Waals surface area (Å²) in [5, 5.41) is 9.56. The highest BCUT2D eigenvalue weighted by molar-refractivity contribution is 5.99. The minimum Gasteiger partial charge on any atom is -0.385 e. The van der Waals surface area contributed by atoms with Crippen molar-refractivity contribution in [3.8, 4) is 0 Å². The number of hydrogen-bond acceptors (Lipinski definition) is 3. The average Bonchev–Trinajstić information content (AvgIpc) is 2.15. The number of aromatic nitrogens is 1. The van der Waals surface area contributed by atoms with Gasteiger partial charge in [-0.25, -0.2) is 0 Å². The molecule has 1 unspecified atom stereocenters. The summed E-state index contributed by atoms with van der Waals surface area (Å²) in [7, 11) is 0. The number of hydrogen-bond donors (Lipinski definition) is 1. The van der Waals surface area contributed by atoms with Gasteiger partial charge < -0.3 is 5.11 Å². The van der Waals surface area contributed by atoms with E-state index in [0.717, 1.165) is 5.56 Å². The summed E-state index contributed by atoms with van der Waals surface area (Å²) in [6.07, 6.45) is 2.23. The van der Waals surface area contributed by atoms with Gasteiger partial charge in [0.1, 0.15) is 6.10 Å². The van der Waals surface area contributed by atoms with Crippen LogP contribution in [0.15, 0.2) is 18.5 Å². The fourth-order valence-corrected chi connectivity index (χ4v) is 1.16. The summed E-state index contributed by atoms with van der Waals surface area (Å²) in [5.41, 5.74) is 1.40. The Kier molecular flexibility index (Phi) is 3.36. The van der Waals surface area contributed by atoms with Gasteiger partial charge >= 0.3 is 0 Å². The molecule has 0 fully saturated rings. The number of Topliss-reactive ketones (excluding diaryl/α,β-unsaturated/α-hetero) is 1. The van der Waals surface area contributed by atoms with Crippen LogP contribution >= 0.6 is 0 Å². The van der Waals surface area contributed by atoms with Crippen molar-refractivity contribution in [3.63, 3.8) is 0 Å². The van der Waals surface area contributed by atoms with E-state index in [1.54, 1.807) is 12.3 Å². The molecule has 3 nitrogen and oxygen atoms in total. The topological polar surface area (TPSA) is 50.2 Å². The summed E-state index contributed by atoms with van der Waals surface area (Å²) >= 11 is 0. The van der Waals surface area contributed by atoms with Gasteiger partial charge in [-0.15, -0.1) is 0 Å². The van der Waals surface area contributed by atoms with E-state index in [-0.39, 0.29) is 11.7 Å². The predicted molar refractivity (Wildman–Crippen MR) is 54.1 cm³/mol. The molecule has 0 aromatic carbocycles. The van der Waals surface area contributed by atoms with Gasteiger partial charge in [-0.3, -0.25) is 9.78 Å². The van der Waals surface area contributed by atoms with Crippen molar-refractivity contribution in [2.45, 2.75) is 26.9 Å². The molecule has 1 N–H and O–H groups in total. The van der Waals surface area contributed by atoms with E-state index < -0.39 is 6.10 Å². The van der Waals surface area contributed by atoms with Crippen LogP contribution in [-0.2, 0) is 0 Å².